The molecule has 7 heteroatoms. The first-order valence-corrected chi connectivity index (χ1v) is 10.6. The third-order valence-corrected chi connectivity index (χ3v) is 5.90. The van der Waals surface area contributed by atoms with E-state index in [1.54, 1.807) is 12.1 Å². The van der Waals surface area contributed by atoms with Crippen LogP contribution in [0.5, 0.6) is 28.7 Å². The Kier molecular flexibility index (Phi) is 5.36. The van der Waals surface area contributed by atoms with Gasteiger partial charge in [0.1, 0.15) is 51.6 Å². The summed E-state index contributed by atoms with van der Waals surface area (Å²) in [6, 6.07) is 5.50. The molecule has 3 N–H and O–H groups in total. The second-order valence-corrected chi connectivity index (χ2v) is 8.92. The fourth-order valence-corrected chi connectivity index (χ4v) is 4.34. The molecule has 0 aromatic heterocycles. The summed E-state index contributed by atoms with van der Waals surface area (Å²) in [5.74, 6) is -1.18. The first-order valence-electron chi connectivity index (χ1n) is 10.6. The lowest BCUT2D eigenvalue weighted by Gasteiger charge is -2.36. The van der Waals surface area contributed by atoms with E-state index in [0.717, 1.165) is 12.5 Å². The van der Waals surface area contributed by atoms with Gasteiger partial charge in [-0.15, -0.1) is 0 Å². The summed E-state index contributed by atoms with van der Waals surface area (Å²) in [6.45, 7) is 5.92. The van der Waals surface area contributed by atoms with E-state index >= 15 is 0 Å². The van der Waals surface area contributed by atoms with Gasteiger partial charge in [-0.1, -0.05) is 11.6 Å². The summed E-state index contributed by atoms with van der Waals surface area (Å²) in [6.07, 6.45) is 2.66. The lowest BCUT2D eigenvalue weighted by molar-refractivity contribution is 0.0468. The molecule has 4 rings (SSSR count). The molecule has 7 nitrogen and oxygen atoms in total. The third-order valence-electron chi connectivity index (χ3n) is 5.90. The van der Waals surface area contributed by atoms with Crippen molar-refractivity contribution in [2.75, 3.05) is 0 Å². The number of benzene rings is 2. The minimum Gasteiger partial charge on any atom is -0.508 e. The SMILES string of the molecule is CC(C)=CCC[C@]1(C)CC(=O)c2c(ccc([C@H]3CC(=O)c4c(O)cc(O)cc4O3)c2O)O1. The van der Waals surface area contributed by atoms with Crippen molar-refractivity contribution < 1.29 is 34.4 Å². The topological polar surface area (TPSA) is 113 Å². The Hall–Kier alpha value is -3.48. The summed E-state index contributed by atoms with van der Waals surface area (Å²) in [7, 11) is 0. The highest BCUT2D eigenvalue weighted by molar-refractivity contribution is 6.04. The van der Waals surface area contributed by atoms with Crippen LogP contribution < -0.4 is 9.47 Å². The predicted molar refractivity (Wildman–Crippen MR) is 117 cm³/mol. The standard InChI is InChI=1S/C25H26O7/c1-13(2)5-4-8-25(3)12-18(29)23-19(32-25)7-6-15(24(23)30)20-11-17(28)22-16(27)9-14(26)10-21(22)31-20/h5-7,9-10,20,26-27,30H,4,8,11-12H2,1-3H3/t20-,25-/m1/s1. The number of carbonyl (C=O) groups excluding carboxylic acids is 2. The Balaban J connectivity index is 1.64. The number of allylic oxidation sites excluding steroid dienone is 2. The van der Waals surface area contributed by atoms with Gasteiger partial charge in [-0.3, -0.25) is 9.59 Å². The molecule has 168 valence electrons. The summed E-state index contributed by atoms with van der Waals surface area (Å²) in [4.78, 5) is 25.6. The lowest BCUT2D eigenvalue weighted by atomic mass is 9.85. The molecule has 0 aliphatic carbocycles. The summed E-state index contributed by atoms with van der Waals surface area (Å²) in [5.41, 5.74) is 0.875. The van der Waals surface area contributed by atoms with Gasteiger partial charge in [0.2, 0.25) is 0 Å². The smallest absolute Gasteiger partial charge is 0.174 e. The minimum atomic E-state index is -0.875. The Morgan fingerprint density at radius 1 is 1.09 bits per heavy atom. The van der Waals surface area contributed by atoms with E-state index in [1.807, 2.05) is 20.8 Å². The van der Waals surface area contributed by atoms with Gasteiger partial charge in [0.15, 0.2) is 11.6 Å². The molecule has 0 amide bonds. The molecule has 2 atom stereocenters. The van der Waals surface area contributed by atoms with Crippen LogP contribution in [-0.4, -0.2) is 32.5 Å². The molecule has 0 fully saturated rings. The molecular formula is C25H26O7. The number of ketones is 2. The maximum Gasteiger partial charge on any atom is 0.174 e. The van der Waals surface area contributed by atoms with Crippen molar-refractivity contribution in [3.63, 3.8) is 0 Å². The normalized spacial score (nSPS) is 21.8. The summed E-state index contributed by atoms with van der Waals surface area (Å²) < 4.78 is 11.9. The number of aromatic hydroxyl groups is 3. The average Bonchev–Trinajstić information content (AvgIpc) is 2.66. The van der Waals surface area contributed by atoms with Gasteiger partial charge in [-0.2, -0.15) is 0 Å². The van der Waals surface area contributed by atoms with Gasteiger partial charge in [0.25, 0.3) is 0 Å². The molecule has 2 aromatic rings. The molecule has 2 heterocycles. The number of carbonyl (C=O) groups is 2. The number of ether oxygens (including phenoxy) is 2. The van der Waals surface area contributed by atoms with Crippen molar-refractivity contribution in [3.05, 3.63) is 52.6 Å². The summed E-state index contributed by atoms with van der Waals surface area (Å²) >= 11 is 0. The first kappa shape index (κ1) is 21.7. The predicted octanol–water partition coefficient (Wildman–Crippen LogP) is 4.98. The zero-order valence-electron chi connectivity index (χ0n) is 18.3. The van der Waals surface area contributed by atoms with Crippen molar-refractivity contribution in [2.24, 2.45) is 0 Å². The van der Waals surface area contributed by atoms with E-state index in [-0.39, 0.29) is 64.1 Å². The second-order valence-electron chi connectivity index (χ2n) is 8.92. The Morgan fingerprint density at radius 2 is 1.84 bits per heavy atom. The molecule has 2 aliphatic rings. The molecular weight excluding hydrogens is 412 g/mol. The van der Waals surface area contributed by atoms with Gasteiger partial charge < -0.3 is 24.8 Å². The van der Waals surface area contributed by atoms with E-state index in [4.69, 9.17) is 9.47 Å². The molecule has 2 aromatic carbocycles. The maximum absolute atomic E-state index is 13.0. The van der Waals surface area contributed by atoms with Gasteiger partial charge in [0, 0.05) is 17.7 Å². The van der Waals surface area contributed by atoms with Gasteiger partial charge in [-0.25, -0.2) is 0 Å². The largest absolute Gasteiger partial charge is 0.508 e. The number of hydrogen-bond donors (Lipinski definition) is 3. The second kappa shape index (κ2) is 7.89. The van der Waals surface area contributed by atoms with Crippen molar-refractivity contribution in [2.45, 2.75) is 58.2 Å². The van der Waals surface area contributed by atoms with Crippen LogP contribution in [0.3, 0.4) is 0 Å². The fraction of sp³-hybridized carbons (Fsp3) is 0.360. The zero-order chi connectivity index (χ0) is 23.2. The number of hydrogen-bond acceptors (Lipinski definition) is 7. The van der Waals surface area contributed by atoms with Crippen LogP contribution in [0.25, 0.3) is 0 Å². The Morgan fingerprint density at radius 3 is 2.56 bits per heavy atom. The quantitative estimate of drug-likeness (QED) is 0.577. The summed E-state index contributed by atoms with van der Waals surface area (Å²) in [5, 5.41) is 30.6. The third kappa shape index (κ3) is 3.90. The monoisotopic (exact) mass is 438 g/mol. The highest BCUT2D eigenvalue weighted by Gasteiger charge is 2.40. The number of Topliss-reactive ketones (excluding diaryl/α,β-unsaturated/α-hetero) is 2. The lowest BCUT2D eigenvalue weighted by Crippen LogP contribution is -2.39. The van der Waals surface area contributed by atoms with Crippen molar-refractivity contribution >= 4 is 11.6 Å². The maximum atomic E-state index is 13.0. The highest BCUT2D eigenvalue weighted by atomic mass is 16.5. The Labute approximate surface area is 185 Å². The van der Waals surface area contributed by atoms with Crippen LogP contribution in [0.2, 0.25) is 0 Å². The Bertz CT molecular complexity index is 1140. The molecule has 32 heavy (non-hydrogen) atoms. The number of phenols is 3. The van der Waals surface area contributed by atoms with Crippen molar-refractivity contribution in [1.82, 2.24) is 0 Å². The number of phenolic OH excluding ortho intramolecular Hbond substituents is 3. The fourth-order valence-electron chi connectivity index (χ4n) is 4.34. The molecule has 0 saturated heterocycles. The van der Waals surface area contributed by atoms with Crippen LogP contribution in [0.4, 0.5) is 0 Å². The molecule has 0 radical (unpaired) electrons. The van der Waals surface area contributed by atoms with Crippen LogP contribution in [0.1, 0.15) is 78.8 Å². The first-order chi connectivity index (χ1) is 15.1. The molecule has 2 aliphatic heterocycles. The molecule has 0 unspecified atom stereocenters. The average molecular weight is 438 g/mol. The van der Waals surface area contributed by atoms with E-state index in [0.29, 0.717) is 12.2 Å². The van der Waals surface area contributed by atoms with Crippen LogP contribution >= 0.6 is 0 Å². The van der Waals surface area contributed by atoms with Crippen molar-refractivity contribution in [1.29, 1.82) is 0 Å². The van der Waals surface area contributed by atoms with Crippen LogP contribution in [0.15, 0.2) is 35.9 Å². The van der Waals surface area contributed by atoms with Crippen LogP contribution in [0, 0.1) is 0 Å². The number of fused-ring (bicyclic) bond motifs is 2. The highest BCUT2D eigenvalue weighted by Crippen LogP contribution is 2.47. The van der Waals surface area contributed by atoms with E-state index < -0.39 is 11.7 Å². The molecule has 0 spiro atoms. The molecule has 0 bridgehead atoms. The van der Waals surface area contributed by atoms with E-state index in [1.165, 1.54) is 11.6 Å². The van der Waals surface area contributed by atoms with Gasteiger partial charge in [-0.05, 0) is 45.7 Å². The van der Waals surface area contributed by atoms with E-state index in [2.05, 4.69) is 6.08 Å². The minimum absolute atomic E-state index is 0.0111. The zero-order valence-corrected chi connectivity index (χ0v) is 18.3. The van der Waals surface area contributed by atoms with Crippen LogP contribution in [-0.2, 0) is 0 Å². The van der Waals surface area contributed by atoms with Crippen molar-refractivity contribution in [3.8, 4) is 28.7 Å². The van der Waals surface area contributed by atoms with Gasteiger partial charge >= 0.3 is 0 Å². The molecule has 0 saturated carbocycles. The van der Waals surface area contributed by atoms with E-state index in [9.17, 15) is 24.9 Å². The van der Waals surface area contributed by atoms with Gasteiger partial charge in [0.05, 0.1) is 12.8 Å². The number of rotatable bonds is 4.